The molecule has 2 saturated heterocycles. The zero-order valence-corrected chi connectivity index (χ0v) is 20.1. The number of anilines is 1. The minimum absolute atomic E-state index is 0. The molecule has 0 saturated carbocycles. The van der Waals surface area contributed by atoms with E-state index in [1.807, 2.05) is 24.1 Å². The lowest BCUT2D eigenvalue weighted by Crippen LogP contribution is -2.52. The fourth-order valence-corrected chi connectivity index (χ4v) is 5.59. The molecule has 28 heavy (non-hydrogen) atoms. The summed E-state index contributed by atoms with van der Waals surface area (Å²) in [4.78, 5) is 7.05. The van der Waals surface area contributed by atoms with Gasteiger partial charge in [-0.1, -0.05) is 0 Å². The molecular weight excluding hydrogens is 491 g/mol. The number of sulfone groups is 1. The van der Waals surface area contributed by atoms with Crippen LogP contribution in [0.2, 0.25) is 0 Å². The Morgan fingerprint density at radius 2 is 2.18 bits per heavy atom. The van der Waals surface area contributed by atoms with Gasteiger partial charge in [0.05, 0.1) is 23.4 Å². The number of piperidine rings is 1. The van der Waals surface area contributed by atoms with Crippen molar-refractivity contribution in [2.24, 2.45) is 18.0 Å². The Hall–Kier alpha value is -1.04. The third-order valence-electron chi connectivity index (χ3n) is 5.08. The van der Waals surface area contributed by atoms with E-state index < -0.39 is 9.84 Å². The van der Waals surface area contributed by atoms with Crippen molar-refractivity contribution in [1.29, 1.82) is 0 Å². The summed E-state index contributed by atoms with van der Waals surface area (Å²) in [6.45, 7) is 6.66. The van der Waals surface area contributed by atoms with Crippen LogP contribution in [0, 0.1) is 5.92 Å². The van der Waals surface area contributed by atoms with Gasteiger partial charge >= 0.3 is 0 Å². The molecular formula is C18H33IN6O2S. The van der Waals surface area contributed by atoms with E-state index in [4.69, 9.17) is 4.99 Å². The quantitative estimate of drug-likeness (QED) is 0.344. The highest BCUT2D eigenvalue weighted by Crippen LogP contribution is 2.20. The number of nitrogens with zero attached hydrogens (tertiary/aromatic N) is 4. The largest absolute Gasteiger partial charge is 0.367 e. The number of nitrogens with one attached hydrogen (secondary N) is 2. The van der Waals surface area contributed by atoms with E-state index in [-0.39, 0.29) is 41.7 Å². The minimum Gasteiger partial charge on any atom is -0.367 e. The minimum atomic E-state index is -2.85. The first kappa shape index (κ1) is 23.2. The molecule has 0 spiro atoms. The molecule has 8 nitrogen and oxygen atoms in total. The van der Waals surface area contributed by atoms with Gasteiger partial charge in [-0.05, 0) is 39.0 Å². The molecule has 3 rings (SSSR count). The number of aromatic nitrogens is 2. The summed E-state index contributed by atoms with van der Waals surface area (Å²) in [5.74, 6) is 1.49. The van der Waals surface area contributed by atoms with Gasteiger partial charge in [-0.15, -0.1) is 24.0 Å². The van der Waals surface area contributed by atoms with E-state index in [1.54, 1.807) is 0 Å². The molecule has 2 fully saturated rings. The third-order valence-corrected chi connectivity index (χ3v) is 6.92. The van der Waals surface area contributed by atoms with Crippen LogP contribution in [-0.4, -0.2) is 67.4 Å². The zero-order valence-electron chi connectivity index (χ0n) is 17.0. The van der Waals surface area contributed by atoms with E-state index in [0.717, 1.165) is 44.0 Å². The Bertz CT molecular complexity index is 764. The summed E-state index contributed by atoms with van der Waals surface area (Å²) in [5, 5.41) is 11.2. The topological polar surface area (TPSA) is 91.6 Å². The molecule has 1 aromatic rings. The Balaban J connectivity index is 0.00000280. The van der Waals surface area contributed by atoms with Crippen LogP contribution >= 0.6 is 24.0 Å². The molecule has 2 aliphatic rings. The second-order valence-electron chi connectivity index (χ2n) is 8.06. The van der Waals surface area contributed by atoms with Gasteiger partial charge in [0.2, 0.25) is 0 Å². The zero-order chi connectivity index (χ0) is 19.4. The van der Waals surface area contributed by atoms with Crippen LogP contribution in [0.4, 0.5) is 5.69 Å². The van der Waals surface area contributed by atoms with Gasteiger partial charge in [0.25, 0.3) is 0 Å². The summed E-state index contributed by atoms with van der Waals surface area (Å²) in [6.07, 6.45) is 6.88. The number of halogens is 1. The molecule has 3 heterocycles. The maximum Gasteiger partial charge on any atom is 0.191 e. The molecule has 2 N–H and O–H groups in total. The maximum absolute atomic E-state index is 11.7. The molecule has 160 valence electrons. The lowest BCUT2D eigenvalue weighted by Gasteiger charge is -2.34. The van der Waals surface area contributed by atoms with Crippen molar-refractivity contribution >= 4 is 45.5 Å². The highest BCUT2D eigenvalue weighted by molar-refractivity contribution is 14.0. The SMILES string of the molecule is CC(C)NC(=NCC1CCS(=O)(=O)C1)NC1CCCN(c2cnn(C)c2)C1.I. The Morgan fingerprint density at radius 3 is 2.79 bits per heavy atom. The van der Waals surface area contributed by atoms with Crippen LogP contribution in [-0.2, 0) is 16.9 Å². The molecule has 10 heteroatoms. The Kier molecular flexibility index (Phi) is 8.41. The summed E-state index contributed by atoms with van der Waals surface area (Å²) < 4.78 is 25.2. The number of aryl methyl sites for hydroxylation is 1. The number of hydrogen-bond donors (Lipinski definition) is 2. The van der Waals surface area contributed by atoms with Gasteiger partial charge in [0.15, 0.2) is 15.8 Å². The first-order valence-electron chi connectivity index (χ1n) is 9.82. The number of aliphatic imine (C=N–C) groups is 1. The summed E-state index contributed by atoms with van der Waals surface area (Å²) in [7, 11) is -0.920. The molecule has 1 aromatic heterocycles. The molecule has 0 radical (unpaired) electrons. The van der Waals surface area contributed by atoms with Crippen LogP contribution < -0.4 is 15.5 Å². The van der Waals surface area contributed by atoms with Crippen molar-refractivity contribution < 1.29 is 8.42 Å². The van der Waals surface area contributed by atoms with E-state index in [9.17, 15) is 8.42 Å². The second-order valence-corrected chi connectivity index (χ2v) is 10.3. The average Bonchev–Trinajstić information content (AvgIpc) is 3.18. The smallest absolute Gasteiger partial charge is 0.191 e. The highest BCUT2D eigenvalue weighted by Gasteiger charge is 2.28. The molecule has 2 aliphatic heterocycles. The molecule has 2 unspecified atom stereocenters. The average molecular weight is 524 g/mol. The number of guanidine groups is 1. The second kappa shape index (κ2) is 10.1. The van der Waals surface area contributed by atoms with Crippen molar-refractivity contribution in [2.45, 2.75) is 45.2 Å². The first-order chi connectivity index (χ1) is 12.8. The first-order valence-corrected chi connectivity index (χ1v) is 11.6. The van der Waals surface area contributed by atoms with Crippen molar-refractivity contribution in [3.8, 4) is 0 Å². The maximum atomic E-state index is 11.7. The van der Waals surface area contributed by atoms with E-state index in [1.165, 1.54) is 0 Å². The Labute approximate surface area is 185 Å². The third kappa shape index (κ3) is 6.78. The van der Waals surface area contributed by atoms with Gasteiger partial charge in [0, 0.05) is 45.0 Å². The normalized spacial score (nSPS) is 24.9. The van der Waals surface area contributed by atoms with Gasteiger partial charge in [0.1, 0.15) is 0 Å². The fraction of sp³-hybridized carbons (Fsp3) is 0.778. The van der Waals surface area contributed by atoms with Crippen LogP contribution in [0.3, 0.4) is 0 Å². The summed E-state index contributed by atoms with van der Waals surface area (Å²) in [5.41, 5.74) is 1.15. The van der Waals surface area contributed by atoms with Crippen LogP contribution in [0.15, 0.2) is 17.4 Å². The van der Waals surface area contributed by atoms with Crippen LogP contribution in [0.25, 0.3) is 0 Å². The fourth-order valence-electron chi connectivity index (χ4n) is 3.74. The lowest BCUT2D eigenvalue weighted by molar-refractivity contribution is 0.464. The monoisotopic (exact) mass is 524 g/mol. The van der Waals surface area contributed by atoms with Crippen molar-refractivity contribution in [3.63, 3.8) is 0 Å². The number of hydrogen-bond acceptors (Lipinski definition) is 5. The van der Waals surface area contributed by atoms with Crippen LogP contribution in [0.1, 0.15) is 33.1 Å². The predicted octanol–water partition coefficient (Wildman–Crippen LogP) is 1.39. The summed E-state index contributed by atoms with van der Waals surface area (Å²) >= 11 is 0. The number of rotatable bonds is 5. The molecule has 2 atom stereocenters. The van der Waals surface area contributed by atoms with Gasteiger partial charge in [-0.2, -0.15) is 5.10 Å². The van der Waals surface area contributed by atoms with Crippen molar-refractivity contribution in [2.75, 3.05) is 36.0 Å². The summed E-state index contributed by atoms with van der Waals surface area (Å²) in [6, 6.07) is 0.567. The van der Waals surface area contributed by atoms with E-state index >= 15 is 0 Å². The van der Waals surface area contributed by atoms with Gasteiger partial charge in [-0.3, -0.25) is 9.67 Å². The Morgan fingerprint density at radius 1 is 1.39 bits per heavy atom. The standard InChI is InChI=1S/C18H32N6O2S.HI/c1-14(2)21-18(19-9-15-6-8-27(25,26)13-15)22-16-5-4-7-24(11-16)17-10-20-23(3)12-17;/h10,12,14-16H,4-9,11,13H2,1-3H3,(H2,19,21,22);1H. The van der Waals surface area contributed by atoms with Crippen LogP contribution in [0.5, 0.6) is 0 Å². The van der Waals surface area contributed by atoms with Gasteiger partial charge < -0.3 is 15.5 Å². The predicted molar refractivity (Wildman–Crippen MR) is 124 cm³/mol. The highest BCUT2D eigenvalue weighted by atomic mass is 127. The van der Waals surface area contributed by atoms with Gasteiger partial charge in [-0.25, -0.2) is 8.42 Å². The van der Waals surface area contributed by atoms with Crippen molar-refractivity contribution in [3.05, 3.63) is 12.4 Å². The van der Waals surface area contributed by atoms with E-state index in [0.29, 0.717) is 18.3 Å². The lowest BCUT2D eigenvalue weighted by atomic mass is 10.1. The molecule has 0 amide bonds. The van der Waals surface area contributed by atoms with E-state index in [2.05, 4.69) is 34.5 Å². The molecule has 0 aliphatic carbocycles. The van der Waals surface area contributed by atoms with Crippen molar-refractivity contribution in [1.82, 2.24) is 20.4 Å². The molecule has 0 bridgehead atoms. The molecule has 0 aromatic carbocycles.